The van der Waals surface area contributed by atoms with E-state index in [1.54, 1.807) is 11.3 Å². The highest BCUT2D eigenvalue weighted by Crippen LogP contribution is 2.52. The van der Waals surface area contributed by atoms with E-state index in [9.17, 15) is 0 Å². The molecule has 4 heteroatoms. The summed E-state index contributed by atoms with van der Waals surface area (Å²) < 4.78 is 21.1. The third-order valence-corrected chi connectivity index (χ3v) is 11.5. The lowest BCUT2D eigenvalue weighted by Gasteiger charge is -2.18. The second-order valence-corrected chi connectivity index (χ2v) is 14.0. The smallest absolute Gasteiger partial charge is 0.153 e. The third-order valence-electron chi connectivity index (χ3n) is 10.5. The number of fused-ring (bicyclic) bond motifs is 13. The summed E-state index contributed by atoms with van der Waals surface area (Å²) >= 11 is 1.76. The molecule has 0 aliphatic carbocycles. The van der Waals surface area contributed by atoms with Crippen LogP contribution in [0.1, 0.15) is 0 Å². The van der Waals surface area contributed by atoms with Gasteiger partial charge in [0.25, 0.3) is 0 Å². The van der Waals surface area contributed by atoms with E-state index in [4.69, 9.17) is 13.3 Å². The molecule has 0 radical (unpaired) electrons. The van der Waals surface area contributed by atoms with Crippen molar-refractivity contribution in [1.82, 2.24) is 0 Å². The zero-order valence-corrected chi connectivity index (χ0v) is 27.3. The van der Waals surface area contributed by atoms with Gasteiger partial charge in [0.1, 0.15) is 27.9 Å². The summed E-state index contributed by atoms with van der Waals surface area (Å²) in [5.74, 6) is 0. The Morgan fingerprint density at radius 2 is 0.840 bits per heavy atom. The summed E-state index contributed by atoms with van der Waals surface area (Å²) in [6, 6.07) is 49.3. The van der Waals surface area contributed by atoms with E-state index < -0.39 is 0 Å². The second kappa shape index (κ2) is 9.63. The minimum absolute atomic E-state index is 0.858. The Kier molecular flexibility index (Phi) is 5.12. The van der Waals surface area contributed by atoms with Crippen molar-refractivity contribution in [2.45, 2.75) is 0 Å². The molecule has 0 aliphatic rings. The fourth-order valence-corrected chi connectivity index (χ4v) is 9.50. The summed E-state index contributed by atoms with van der Waals surface area (Å²) in [6.45, 7) is 0. The van der Waals surface area contributed by atoms with Gasteiger partial charge >= 0.3 is 0 Å². The van der Waals surface area contributed by atoms with Crippen LogP contribution in [0.4, 0.5) is 0 Å². The Balaban J connectivity index is 1.26. The van der Waals surface area contributed by atoms with Crippen molar-refractivity contribution in [3.05, 3.63) is 145 Å². The summed E-state index contributed by atoms with van der Waals surface area (Å²) in [6.07, 6.45) is 0. The van der Waals surface area contributed by atoms with Gasteiger partial charge in [-0.1, -0.05) is 109 Å². The van der Waals surface area contributed by atoms with Gasteiger partial charge in [-0.3, -0.25) is 0 Å². The fourth-order valence-electron chi connectivity index (χ4n) is 8.46. The Morgan fingerprint density at radius 1 is 0.340 bits per heavy atom. The van der Waals surface area contributed by atoms with Gasteiger partial charge in [-0.05, 0) is 62.8 Å². The van der Waals surface area contributed by atoms with Gasteiger partial charge in [-0.15, -0.1) is 11.3 Å². The molecule has 0 aliphatic heterocycles. The zero-order chi connectivity index (χ0) is 32.5. The number of hydrogen-bond donors (Lipinski definition) is 0. The maximum absolute atomic E-state index is 6.84. The van der Waals surface area contributed by atoms with Crippen molar-refractivity contribution in [2.75, 3.05) is 0 Å². The largest absolute Gasteiger partial charge is 0.456 e. The molecule has 0 saturated heterocycles. The zero-order valence-electron chi connectivity index (χ0n) is 26.5. The van der Waals surface area contributed by atoms with E-state index in [1.165, 1.54) is 42.8 Å². The molecule has 8 aromatic carbocycles. The lowest BCUT2D eigenvalue weighted by molar-refractivity contribution is 0.664. The summed E-state index contributed by atoms with van der Waals surface area (Å²) in [5, 5.41) is 14.8. The highest BCUT2D eigenvalue weighted by molar-refractivity contribution is 7.18. The van der Waals surface area contributed by atoms with Crippen LogP contribution in [0.3, 0.4) is 0 Å². The summed E-state index contributed by atoms with van der Waals surface area (Å²) in [7, 11) is 0. The van der Waals surface area contributed by atoms with Crippen LogP contribution < -0.4 is 0 Å². The molecule has 3 nitrogen and oxygen atoms in total. The van der Waals surface area contributed by atoms with Crippen molar-refractivity contribution >= 4 is 109 Å². The monoisotopic (exact) mass is 656 g/mol. The maximum Gasteiger partial charge on any atom is 0.153 e. The normalized spacial score (nSPS) is 12.4. The summed E-state index contributed by atoms with van der Waals surface area (Å²) in [5.41, 5.74) is 10.0. The van der Waals surface area contributed by atoms with Crippen molar-refractivity contribution in [3.8, 4) is 22.3 Å². The molecule has 0 unspecified atom stereocenters. The number of furan rings is 3. The molecule has 0 bridgehead atoms. The van der Waals surface area contributed by atoms with Crippen LogP contribution in [0.2, 0.25) is 0 Å². The minimum Gasteiger partial charge on any atom is -0.456 e. The van der Waals surface area contributed by atoms with E-state index in [2.05, 4.69) is 127 Å². The van der Waals surface area contributed by atoms with Crippen LogP contribution >= 0.6 is 11.3 Å². The van der Waals surface area contributed by atoms with Gasteiger partial charge < -0.3 is 13.3 Å². The average Bonchev–Trinajstić information content (AvgIpc) is 3.94. The average molecular weight is 657 g/mol. The number of thiophene rings is 1. The highest BCUT2D eigenvalue weighted by Gasteiger charge is 2.26. The minimum atomic E-state index is 0.858. The molecule has 0 N–H and O–H groups in total. The standard InChI is InChI=1S/C46H24O3S/c1-3-15-29-27(13-1)40(35-24-50-46-32(35)22-21-31-25-11-5-8-18-36(25)49-45(31)46)28-14-2-4-16-30(28)41(29)43-42-33-17-7-10-20-38(33)47-39(42)23-34-26-12-6-9-19-37(26)48-44(34)43/h1-24H. The molecule has 0 spiro atoms. The lowest BCUT2D eigenvalue weighted by Crippen LogP contribution is -1.91. The van der Waals surface area contributed by atoms with Crippen LogP contribution in [-0.4, -0.2) is 0 Å². The Labute approximate surface area is 288 Å². The molecule has 4 heterocycles. The fraction of sp³-hybridized carbons (Fsp3) is 0. The Hall–Kier alpha value is -6.36. The van der Waals surface area contributed by atoms with Crippen molar-refractivity contribution in [3.63, 3.8) is 0 Å². The highest BCUT2D eigenvalue weighted by atomic mass is 32.1. The van der Waals surface area contributed by atoms with Crippen LogP contribution in [0.15, 0.2) is 158 Å². The SMILES string of the molecule is c1ccc2c(c1)oc1c(-c3c4ccccc4c(-c4csc5c4ccc4c6ccccc6oc45)c4ccccc34)c3c(cc12)oc1ccccc13. The van der Waals surface area contributed by atoms with E-state index in [1.807, 2.05) is 18.2 Å². The molecule has 0 atom stereocenters. The molecule has 50 heavy (non-hydrogen) atoms. The van der Waals surface area contributed by atoms with Gasteiger partial charge in [0.05, 0.1) is 4.70 Å². The van der Waals surface area contributed by atoms with Crippen LogP contribution in [0, 0.1) is 0 Å². The molecular formula is C46H24O3S. The predicted octanol–water partition coefficient (Wildman–Crippen LogP) is 14.2. The van der Waals surface area contributed by atoms with Crippen LogP contribution in [0.5, 0.6) is 0 Å². The van der Waals surface area contributed by atoms with E-state index in [0.717, 1.165) is 76.9 Å². The first-order chi connectivity index (χ1) is 24.8. The first kappa shape index (κ1) is 26.6. The van der Waals surface area contributed by atoms with E-state index in [-0.39, 0.29) is 0 Å². The van der Waals surface area contributed by atoms with Crippen molar-refractivity contribution < 1.29 is 13.3 Å². The summed E-state index contributed by atoms with van der Waals surface area (Å²) in [4.78, 5) is 0. The van der Waals surface area contributed by atoms with Gasteiger partial charge in [0, 0.05) is 54.4 Å². The molecular weight excluding hydrogens is 633 g/mol. The van der Waals surface area contributed by atoms with E-state index in [0.29, 0.717) is 0 Å². The molecule has 0 amide bonds. The number of rotatable bonds is 2. The lowest BCUT2D eigenvalue weighted by atomic mass is 9.84. The predicted molar refractivity (Wildman–Crippen MR) is 210 cm³/mol. The second-order valence-electron chi connectivity index (χ2n) is 13.1. The Morgan fingerprint density at radius 3 is 1.50 bits per heavy atom. The van der Waals surface area contributed by atoms with Crippen molar-refractivity contribution in [2.24, 2.45) is 0 Å². The van der Waals surface area contributed by atoms with Gasteiger partial charge in [-0.25, -0.2) is 0 Å². The third kappa shape index (κ3) is 3.38. The van der Waals surface area contributed by atoms with Crippen LogP contribution in [-0.2, 0) is 0 Å². The topological polar surface area (TPSA) is 39.4 Å². The molecule has 232 valence electrons. The maximum atomic E-state index is 6.84. The number of benzene rings is 8. The Bertz CT molecular complexity index is 3320. The van der Waals surface area contributed by atoms with Gasteiger partial charge in [0.15, 0.2) is 5.58 Å². The molecule has 0 saturated carbocycles. The molecule has 12 rings (SSSR count). The quantitative estimate of drug-likeness (QED) is 0.174. The molecule has 0 fully saturated rings. The van der Waals surface area contributed by atoms with Gasteiger partial charge in [-0.2, -0.15) is 0 Å². The number of hydrogen-bond acceptors (Lipinski definition) is 4. The van der Waals surface area contributed by atoms with Crippen LogP contribution in [0.25, 0.3) is 120 Å². The first-order valence-corrected chi connectivity index (χ1v) is 17.7. The number of para-hydroxylation sites is 3. The van der Waals surface area contributed by atoms with E-state index >= 15 is 0 Å². The first-order valence-electron chi connectivity index (χ1n) is 16.8. The van der Waals surface area contributed by atoms with Crippen molar-refractivity contribution in [1.29, 1.82) is 0 Å². The van der Waals surface area contributed by atoms with Gasteiger partial charge in [0.2, 0.25) is 0 Å². The molecule has 12 aromatic rings. The molecule has 4 aromatic heterocycles.